The van der Waals surface area contributed by atoms with E-state index in [4.69, 9.17) is 4.74 Å². The highest BCUT2D eigenvalue weighted by Gasteiger charge is 2.31. The maximum absolute atomic E-state index is 10.8. The second kappa shape index (κ2) is 4.14. The second-order valence-electron chi connectivity index (χ2n) is 3.69. The molecule has 0 aromatic carbocycles. The lowest BCUT2D eigenvalue weighted by molar-refractivity contribution is 0.00593. The number of rotatable bonds is 1. The summed E-state index contributed by atoms with van der Waals surface area (Å²) in [5.41, 5.74) is 0. The molecule has 14 heavy (non-hydrogen) atoms. The van der Waals surface area contributed by atoms with Gasteiger partial charge in [0, 0.05) is 19.1 Å². The lowest BCUT2D eigenvalue weighted by atomic mass is 9.87. The summed E-state index contributed by atoms with van der Waals surface area (Å²) in [4.78, 5) is 0. The van der Waals surface area contributed by atoms with E-state index in [1.54, 1.807) is 0 Å². The van der Waals surface area contributed by atoms with E-state index in [0.29, 0.717) is 5.92 Å². The predicted molar refractivity (Wildman–Crippen MR) is 47.9 cm³/mol. The van der Waals surface area contributed by atoms with Crippen molar-refractivity contribution in [2.75, 3.05) is 26.4 Å². The van der Waals surface area contributed by atoms with Gasteiger partial charge in [0.2, 0.25) is 0 Å². The van der Waals surface area contributed by atoms with Gasteiger partial charge in [0.25, 0.3) is 0 Å². The molecule has 0 saturated carbocycles. The Morgan fingerprint density at radius 2 is 1.50 bits per heavy atom. The molecule has 0 aromatic rings. The minimum Gasteiger partial charge on any atom is -0.381 e. The maximum atomic E-state index is 10.8. The van der Waals surface area contributed by atoms with Crippen molar-refractivity contribution in [3.05, 3.63) is 0 Å². The van der Waals surface area contributed by atoms with Crippen LogP contribution in [0.2, 0.25) is 0 Å². The fourth-order valence-corrected chi connectivity index (χ4v) is 2.63. The summed E-state index contributed by atoms with van der Waals surface area (Å²) in [6, 6.07) is 0. The summed E-state index contributed by atoms with van der Waals surface area (Å²) >= 11 is 0. The zero-order valence-corrected chi connectivity index (χ0v) is 8.66. The molecule has 82 valence electrons. The number of hydrogen-bond acceptors (Lipinski definition) is 5. The van der Waals surface area contributed by atoms with Crippen molar-refractivity contribution < 1.29 is 21.5 Å². The molecule has 2 aliphatic rings. The zero-order chi connectivity index (χ0) is 10.0. The summed E-state index contributed by atoms with van der Waals surface area (Å²) in [5, 5.41) is 0. The lowest BCUT2D eigenvalue weighted by Crippen LogP contribution is -2.35. The number of hydrogen-bond donors (Lipinski definition) is 0. The van der Waals surface area contributed by atoms with Crippen molar-refractivity contribution in [1.29, 1.82) is 0 Å². The molecule has 2 saturated heterocycles. The van der Waals surface area contributed by atoms with E-state index in [1.165, 1.54) is 0 Å². The molecule has 0 N–H and O–H groups in total. The summed E-state index contributed by atoms with van der Waals surface area (Å²) in [6.45, 7) is 2.03. The van der Waals surface area contributed by atoms with Gasteiger partial charge in [-0.3, -0.25) is 0 Å². The molecular weight excluding hydrogens is 208 g/mol. The lowest BCUT2D eigenvalue weighted by Gasteiger charge is -2.31. The van der Waals surface area contributed by atoms with Crippen LogP contribution in [0.1, 0.15) is 12.8 Å². The van der Waals surface area contributed by atoms with Crippen LogP contribution in [0.4, 0.5) is 0 Å². The monoisotopic (exact) mass is 222 g/mol. The Hall–Kier alpha value is -0.170. The van der Waals surface area contributed by atoms with Gasteiger partial charge in [0.1, 0.15) is 0 Å². The quantitative estimate of drug-likeness (QED) is 0.639. The van der Waals surface area contributed by atoms with E-state index < -0.39 is 10.4 Å². The van der Waals surface area contributed by atoms with Crippen LogP contribution in [0.25, 0.3) is 0 Å². The highest BCUT2D eigenvalue weighted by Crippen LogP contribution is 2.27. The fraction of sp³-hybridized carbons (Fsp3) is 1.00. The van der Waals surface area contributed by atoms with Crippen molar-refractivity contribution in [1.82, 2.24) is 0 Å². The van der Waals surface area contributed by atoms with E-state index in [9.17, 15) is 8.42 Å². The molecule has 0 bridgehead atoms. The van der Waals surface area contributed by atoms with Crippen molar-refractivity contribution in [3.63, 3.8) is 0 Å². The van der Waals surface area contributed by atoms with Gasteiger partial charge in [-0.1, -0.05) is 0 Å². The minimum atomic E-state index is -3.69. The van der Waals surface area contributed by atoms with Gasteiger partial charge < -0.3 is 4.74 Å². The van der Waals surface area contributed by atoms with Crippen LogP contribution >= 0.6 is 0 Å². The maximum Gasteiger partial charge on any atom is 0.399 e. The van der Waals surface area contributed by atoms with Gasteiger partial charge in [-0.15, -0.1) is 0 Å². The average Bonchev–Trinajstić information content (AvgIpc) is 2.19. The summed E-state index contributed by atoms with van der Waals surface area (Å²) in [6.07, 6.45) is 1.94. The van der Waals surface area contributed by atoms with Gasteiger partial charge in [-0.05, 0) is 18.8 Å². The number of ether oxygens (including phenoxy) is 1. The van der Waals surface area contributed by atoms with Gasteiger partial charge in [0.05, 0.1) is 13.2 Å². The predicted octanol–water partition coefficient (Wildman–Crippen LogP) is 0.321. The Labute approximate surface area is 83.7 Å². The van der Waals surface area contributed by atoms with Crippen LogP contribution < -0.4 is 0 Å². The molecule has 6 heteroatoms. The molecule has 2 aliphatic heterocycles. The van der Waals surface area contributed by atoms with Crippen molar-refractivity contribution >= 4 is 10.4 Å². The smallest absolute Gasteiger partial charge is 0.381 e. The summed E-state index contributed by atoms with van der Waals surface area (Å²) in [7, 11) is -3.69. The highest BCUT2D eigenvalue weighted by atomic mass is 32.3. The van der Waals surface area contributed by atoms with Gasteiger partial charge in [0.15, 0.2) is 0 Å². The average molecular weight is 222 g/mol. The zero-order valence-electron chi connectivity index (χ0n) is 7.85. The third-order valence-electron chi connectivity index (χ3n) is 2.79. The Kier molecular flexibility index (Phi) is 3.06. The molecule has 5 nitrogen and oxygen atoms in total. The van der Waals surface area contributed by atoms with Crippen molar-refractivity contribution in [2.24, 2.45) is 11.8 Å². The first kappa shape index (κ1) is 10.4. The fourth-order valence-electron chi connectivity index (χ4n) is 1.88. The van der Waals surface area contributed by atoms with E-state index in [1.807, 2.05) is 0 Å². The molecule has 2 rings (SSSR count). The minimum absolute atomic E-state index is 0.197. The van der Waals surface area contributed by atoms with Gasteiger partial charge >= 0.3 is 10.4 Å². The van der Waals surface area contributed by atoms with E-state index >= 15 is 0 Å². The SMILES string of the molecule is O=S1(=O)OCC(C2CCOCC2)CO1. The Morgan fingerprint density at radius 3 is 2.07 bits per heavy atom. The summed E-state index contributed by atoms with van der Waals surface area (Å²) in [5.74, 6) is 0.668. The largest absolute Gasteiger partial charge is 0.399 e. The van der Waals surface area contributed by atoms with E-state index in [2.05, 4.69) is 8.37 Å². The van der Waals surface area contributed by atoms with Gasteiger partial charge in [-0.2, -0.15) is 8.42 Å². The molecule has 2 fully saturated rings. The Balaban J connectivity index is 1.88. The first-order chi connectivity index (χ1) is 6.67. The molecule has 0 amide bonds. The molecule has 0 radical (unpaired) electrons. The van der Waals surface area contributed by atoms with Crippen LogP contribution in [-0.4, -0.2) is 34.8 Å². The molecular formula is C8H14O5S. The second-order valence-corrected chi connectivity index (χ2v) is 4.98. The standard InChI is InChI=1S/C8H14O5S/c9-14(10)12-5-8(6-13-14)7-1-3-11-4-2-7/h7-8H,1-6H2. The van der Waals surface area contributed by atoms with Crippen LogP contribution in [0.5, 0.6) is 0 Å². The highest BCUT2D eigenvalue weighted by molar-refractivity contribution is 7.81. The normalized spacial score (nSPS) is 30.3. The topological polar surface area (TPSA) is 61.8 Å². The van der Waals surface area contributed by atoms with Crippen LogP contribution in [0.15, 0.2) is 0 Å². The first-order valence-electron chi connectivity index (χ1n) is 4.79. The van der Waals surface area contributed by atoms with Crippen LogP contribution in [-0.2, 0) is 23.5 Å². The third-order valence-corrected chi connectivity index (χ3v) is 3.64. The van der Waals surface area contributed by atoms with E-state index in [0.717, 1.165) is 26.1 Å². The van der Waals surface area contributed by atoms with Crippen molar-refractivity contribution in [3.8, 4) is 0 Å². The molecule has 0 aromatic heterocycles. The van der Waals surface area contributed by atoms with Crippen LogP contribution in [0, 0.1) is 11.8 Å². The molecule has 2 heterocycles. The van der Waals surface area contributed by atoms with E-state index in [-0.39, 0.29) is 19.1 Å². The molecule has 0 atom stereocenters. The summed E-state index contributed by atoms with van der Waals surface area (Å²) < 4.78 is 36.1. The molecule has 0 aliphatic carbocycles. The molecule has 0 unspecified atom stereocenters. The third kappa shape index (κ3) is 2.44. The Bertz CT molecular complexity index is 266. The van der Waals surface area contributed by atoms with Crippen molar-refractivity contribution in [2.45, 2.75) is 12.8 Å². The van der Waals surface area contributed by atoms with Gasteiger partial charge in [-0.25, -0.2) is 8.37 Å². The first-order valence-corrected chi connectivity index (χ1v) is 6.12. The Morgan fingerprint density at radius 1 is 0.929 bits per heavy atom. The molecule has 0 spiro atoms. The van der Waals surface area contributed by atoms with Crippen LogP contribution in [0.3, 0.4) is 0 Å².